The number of Topliss-reactive ketones (excluding diaryl/α,β-unsaturated/α-hetero) is 1. The molecule has 0 bridgehead atoms. The van der Waals surface area contributed by atoms with Crippen LogP contribution in [0.15, 0.2) is 64.4 Å². The number of ketones is 1. The summed E-state index contributed by atoms with van der Waals surface area (Å²) >= 11 is 6.14. The van der Waals surface area contributed by atoms with Crippen molar-refractivity contribution in [2.45, 2.75) is 26.9 Å². The quantitative estimate of drug-likeness (QED) is 0.462. The molecule has 0 aliphatic rings. The van der Waals surface area contributed by atoms with Gasteiger partial charge in [-0.05, 0) is 38.1 Å². The first-order valence-electron chi connectivity index (χ1n) is 9.47. The van der Waals surface area contributed by atoms with E-state index in [1.807, 2.05) is 19.1 Å². The first-order chi connectivity index (χ1) is 14.4. The van der Waals surface area contributed by atoms with Crippen LogP contribution in [0.1, 0.15) is 22.8 Å². The van der Waals surface area contributed by atoms with Gasteiger partial charge in [0.05, 0.1) is 23.6 Å². The maximum absolute atomic E-state index is 13.0. The van der Waals surface area contributed by atoms with Gasteiger partial charge in [0.2, 0.25) is 0 Å². The molecule has 0 fully saturated rings. The number of carbonyl (C=O) groups excluding carboxylic acids is 1. The molecule has 2 aromatic heterocycles. The van der Waals surface area contributed by atoms with E-state index in [1.165, 1.54) is 15.5 Å². The maximum atomic E-state index is 13.0. The van der Waals surface area contributed by atoms with E-state index in [0.29, 0.717) is 16.3 Å². The Morgan fingerprint density at radius 2 is 1.77 bits per heavy atom. The van der Waals surface area contributed by atoms with Crippen LogP contribution in [-0.2, 0) is 13.1 Å². The van der Waals surface area contributed by atoms with Crippen molar-refractivity contribution in [3.63, 3.8) is 0 Å². The number of hydrogen-bond donors (Lipinski definition) is 0. The van der Waals surface area contributed by atoms with Gasteiger partial charge in [-0.3, -0.25) is 14.2 Å². The molecule has 0 saturated heterocycles. The first-order valence-corrected chi connectivity index (χ1v) is 9.85. The minimum Gasteiger partial charge on any atom is -0.317 e. The third-order valence-electron chi connectivity index (χ3n) is 5.00. The Morgan fingerprint density at radius 1 is 1.07 bits per heavy atom. The molecule has 0 N–H and O–H groups in total. The molecule has 2 heterocycles. The number of carbonyl (C=O) groups is 1. The summed E-state index contributed by atoms with van der Waals surface area (Å²) in [5, 5.41) is 0.342. The second kappa shape index (κ2) is 7.76. The van der Waals surface area contributed by atoms with Crippen molar-refractivity contribution in [3.05, 3.63) is 91.8 Å². The zero-order valence-corrected chi connectivity index (χ0v) is 17.3. The van der Waals surface area contributed by atoms with Crippen LogP contribution in [0.25, 0.3) is 16.9 Å². The van der Waals surface area contributed by atoms with Crippen LogP contribution in [0.3, 0.4) is 0 Å². The number of nitrogens with zero attached hydrogens (tertiary/aromatic N) is 4. The Hall–Kier alpha value is -3.45. The van der Waals surface area contributed by atoms with E-state index >= 15 is 0 Å². The zero-order valence-electron chi connectivity index (χ0n) is 16.5. The Morgan fingerprint density at radius 3 is 2.43 bits per heavy atom. The topological polar surface area (TPSA) is 78.9 Å². The Bertz CT molecular complexity index is 1380. The number of imidazole rings is 1. The molecule has 0 spiro atoms. The molecule has 0 aliphatic heterocycles. The van der Waals surface area contributed by atoms with Crippen molar-refractivity contribution in [2.24, 2.45) is 0 Å². The zero-order chi connectivity index (χ0) is 21.4. The highest BCUT2D eigenvalue weighted by molar-refractivity contribution is 6.33. The molecule has 0 atom stereocenters. The lowest BCUT2D eigenvalue weighted by Gasteiger charge is -2.12. The maximum Gasteiger partial charge on any atom is 0.337 e. The van der Waals surface area contributed by atoms with Gasteiger partial charge < -0.3 is 4.57 Å². The average molecular weight is 423 g/mol. The number of rotatable bonds is 5. The van der Waals surface area contributed by atoms with E-state index in [-0.39, 0.29) is 30.0 Å². The second-order valence-corrected chi connectivity index (χ2v) is 7.36. The molecule has 4 aromatic rings. The van der Waals surface area contributed by atoms with Gasteiger partial charge in [0.15, 0.2) is 16.9 Å². The van der Waals surface area contributed by atoms with Crippen molar-refractivity contribution in [2.75, 3.05) is 0 Å². The van der Waals surface area contributed by atoms with Crippen LogP contribution in [0.2, 0.25) is 5.02 Å². The number of fused-ring (bicyclic) bond motifs is 1. The lowest BCUT2D eigenvalue weighted by atomic mass is 10.1. The van der Waals surface area contributed by atoms with Gasteiger partial charge in [-0.1, -0.05) is 41.4 Å². The highest BCUT2D eigenvalue weighted by Gasteiger charge is 2.20. The van der Waals surface area contributed by atoms with Crippen LogP contribution in [0.4, 0.5) is 0 Å². The van der Waals surface area contributed by atoms with Crippen molar-refractivity contribution in [1.82, 2.24) is 18.7 Å². The van der Waals surface area contributed by atoms with Crippen molar-refractivity contribution in [3.8, 4) is 5.69 Å². The minimum atomic E-state index is -0.481. The molecule has 0 amide bonds. The molecule has 8 heteroatoms. The summed E-state index contributed by atoms with van der Waals surface area (Å²) in [6, 6.07) is 14.1. The summed E-state index contributed by atoms with van der Waals surface area (Å²) in [4.78, 5) is 43.1. The van der Waals surface area contributed by atoms with Gasteiger partial charge in [-0.15, -0.1) is 0 Å². The van der Waals surface area contributed by atoms with E-state index in [0.717, 1.165) is 10.1 Å². The summed E-state index contributed by atoms with van der Waals surface area (Å²) in [5.41, 5.74) is 1.46. The minimum absolute atomic E-state index is 0.120. The highest BCUT2D eigenvalue weighted by Crippen LogP contribution is 2.18. The number of aryl methyl sites for hydroxylation is 1. The number of hydrogen-bond acceptors (Lipinski definition) is 4. The third kappa shape index (κ3) is 3.27. The molecular weight excluding hydrogens is 404 g/mol. The van der Waals surface area contributed by atoms with E-state index in [2.05, 4.69) is 4.98 Å². The molecule has 152 valence electrons. The predicted octanol–water partition coefficient (Wildman–Crippen LogP) is 3.21. The van der Waals surface area contributed by atoms with Crippen LogP contribution in [-0.4, -0.2) is 24.5 Å². The van der Waals surface area contributed by atoms with Gasteiger partial charge in [0.1, 0.15) is 0 Å². The largest absolute Gasteiger partial charge is 0.337 e. The summed E-state index contributed by atoms with van der Waals surface area (Å²) in [6.45, 7) is 3.75. The number of aromatic nitrogens is 4. The van der Waals surface area contributed by atoms with Gasteiger partial charge in [-0.2, -0.15) is 0 Å². The predicted molar refractivity (Wildman–Crippen MR) is 116 cm³/mol. The standard InChI is InChI=1S/C22H19ClN4O3/c1-3-26-21(29)19-20(27(22(26)30)15-10-8-14(2)9-11-15)24-13-25(19)12-18(28)16-6-4-5-7-17(16)23/h4-11,13H,3,12H2,1-2H3. The molecule has 30 heavy (non-hydrogen) atoms. The summed E-state index contributed by atoms with van der Waals surface area (Å²) in [6.07, 6.45) is 1.41. The molecule has 0 unspecified atom stereocenters. The summed E-state index contributed by atoms with van der Waals surface area (Å²) < 4.78 is 4.01. The molecule has 0 saturated carbocycles. The first kappa shape index (κ1) is 19.8. The van der Waals surface area contributed by atoms with Crippen molar-refractivity contribution < 1.29 is 4.79 Å². The molecule has 0 aliphatic carbocycles. The second-order valence-electron chi connectivity index (χ2n) is 6.95. The van der Waals surface area contributed by atoms with Crippen molar-refractivity contribution in [1.29, 1.82) is 0 Å². The Balaban J connectivity index is 1.92. The van der Waals surface area contributed by atoms with Gasteiger partial charge in [0, 0.05) is 12.1 Å². The van der Waals surface area contributed by atoms with Gasteiger partial charge in [0.25, 0.3) is 5.56 Å². The number of benzene rings is 2. The molecule has 2 aromatic carbocycles. The van der Waals surface area contributed by atoms with E-state index in [1.54, 1.807) is 43.3 Å². The third-order valence-corrected chi connectivity index (χ3v) is 5.33. The van der Waals surface area contributed by atoms with Crippen molar-refractivity contribution >= 4 is 28.5 Å². The van der Waals surface area contributed by atoms with Gasteiger partial charge >= 0.3 is 5.69 Å². The fraction of sp³-hybridized carbons (Fsp3) is 0.182. The summed E-state index contributed by atoms with van der Waals surface area (Å²) in [5.74, 6) is -0.254. The van der Waals surface area contributed by atoms with E-state index in [9.17, 15) is 14.4 Å². The fourth-order valence-corrected chi connectivity index (χ4v) is 3.67. The summed E-state index contributed by atoms with van der Waals surface area (Å²) in [7, 11) is 0. The van der Waals surface area contributed by atoms with Gasteiger partial charge in [-0.25, -0.2) is 14.3 Å². The average Bonchev–Trinajstić information content (AvgIpc) is 3.13. The smallest absolute Gasteiger partial charge is 0.317 e. The van der Waals surface area contributed by atoms with Crippen LogP contribution in [0.5, 0.6) is 0 Å². The fourth-order valence-electron chi connectivity index (χ4n) is 3.43. The SMILES string of the molecule is CCn1c(=O)c2c(ncn2CC(=O)c2ccccc2Cl)n(-c2ccc(C)cc2)c1=O. The molecule has 7 nitrogen and oxygen atoms in total. The molecule has 4 rings (SSSR count). The van der Waals surface area contributed by atoms with Crippen LogP contribution >= 0.6 is 11.6 Å². The Labute approximate surface area is 176 Å². The Kier molecular flexibility index (Phi) is 5.13. The normalized spacial score (nSPS) is 11.2. The molecular formula is C22H19ClN4O3. The van der Waals surface area contributed by atoms with E-state index < -0.39 is 11.2 Å². The van der Waals surface area contributed by atoms with Crippen LogP contribution in [0, 0.1) is 6.92 Å². The van der Waals surface area contributed by atoms with E-state index in [4.69, 9.17) is 11.6 Å². The highest BCUT2D eigenvalue weighted by atomic mass is 35.5. The number of halogens is 1. The monoisotopic (exact) mass is 422 g/mol. The lowest BCUT2D eigenvalue weighted by Crippen LogP contribution is -2.39. The lowest BCUT2D eigenvalue weighted by molar-refractivity contribution is 0.0973. The van der Waals surface area contributed by atoms with Crippen LogP contribution < -0.4 is 11.2 Å². The molecule has 0 radical (unpaired) electrons.